The SMILES string of the molecule is CCOCCOc1ccc(CCNCC(CO)c2ccccc2)cc1. The number of hydrogen-bond donors (Lipinski definition) is 2. The number of aliphatic hydroxyl groups is 1. The van der Waals surface area contributed by atoms with E-state index in [1.165, 1.54) is 11.1 Å². The maximum absolute atomic E-state index is 9.57. The smallest absolute Gasteiger partial charge is 0.119 e. The van der Waals surface area contributed by atoms with Crippen LogP contribution >= 0.6 is 0 Å². The van der Waals surface area contributed by atoms with Crippen molar-refractivity contribution in [2.24, 2.45) is 0 Å². The molecule has 0 bridgehead atoms. The Morgan fingerprint density at radius 2 is 1.76 bits per heavy atom. The molecule has 136 valence electrons. The van der Waals surface area contributed by atoms with Crippen molar-refractivity contribution in [3.05, 3.63) is 65.7 Å². The average molecular weight is 343 g/mol. The lowest BCUT2D eigenvalue weighted by atomic mass is 10.00. The molecule has 1 unspecified atom stereocenters. The fourth-order valence-electron chi connectivity index (χ4n) is 2.64. The first kappa shape index (κ1) is 19.4. The molecular formula is C21H29NO3. The minimum Gasteiger partial charge on any atom is -0.491 e. The summed E-state index contributed by atoms with van der Waals surface area (Å²) >= 11 is 0. The Labute approximate surface area is 150 Å². The summed E-state index contributed by atoms with van der Waals surface area (Å²) in [6.45, 7) is 5.71. The largest absolute Gasteiger partial charge is 0.491 e. The zero-order valence-electron chi connectivity index (χ0n) is 15.0. The third-order valence-electron chi connectivity index (χ3n) is 4.10. The van der Waals surface area contributed by atoms with Gasteiger partial charge in [-0.25, -0.2) is 0 Å². The minimum absolute atomic E-state index is 0.141. The normalized spacial score (nSPS) is 12.1. The van der Waals surface area contributed by atoms with Gasteiger partial charge in [0, 0.05) is 19.1 Å². The minimum atomic E-state index is 0.141. The maximum Gasteiger partial charge on any atom is 0.119 e. The monoisotopic (exact) mass is 343 g/mol. The van der Waals surface area contributed by atoms with Gasteiger partial charge in [-0.1, -0.05) is 42.5 Å². The lowest BCUT2D eigenvalue weighted by molar-refractivity contribution is 0.110. The highest BCUT2D eigenvalue weighted by Crippen LogP contribution is 2.14. The van der Waals surface area contributed by atoms with E-state index in [4.69, 9.17) is 9.47 Å². The van der Waals surface area contributed by atoms with Crippen molar-refractivity contribution in [2.75, 3.05) is 39.5 Å². The molecule has 4 nitrogen and oxygen atoms in total. The molecule has 0 spiro atoms. The van der Waals surface area contributed by atoms with Gasteiger partial charge in [-0.05, 0) is 43.1 Å². The summed E-state index contributed by atoms with van der Waals surface area (Å²) in [6, 6.07) is 18.3. The van der Waals surface area contributed by atoms with E-state index < -0.39 is 0 Å². The molecule has 0 amide bonds. The second kappa shape index (κ2) is 11.6. The van der Waals surface area contributed by atoms with Crippen molar-refractivity contribution in [2.45, 2.75) is 19.3 Å². The van der Waals surface area contributed by atoms with Crippen molar-refractivity contribution in [1.29, 1.82) is 0 Å². The van der Waals surface area contributed by atoms with Crippen LogP contribution in [-0.2, 0) is 11.2 Å². The number of nitrogens with one attached hydrogen (secondary N) is 1. The molecule has 1 atom stereocenters. The number of benzene rings is 2. The van der Waals surface area contributed by atoms with Gasteiger partial charge in [0.1, 0.15) is 12.4 Å². The van der Waals surface area contributed by atoms with E-state index in [-0.39, 0.29) is 12.5 Å². The van der Waals surface area contributed by atoms with Crippen molar-refractivity contribution in [1.82, 2.24) is 5.32 Å². The van der Waals surface area contributed by atoms with Gasteiger partial charge in [-0.3, -0.25) is 0 Å². The molecule has 25 heavy (non-hydrogen) atoms. The lowest BCUT2D eigenvalue weighted by Crippen LogP contribution is -2.25. The van der Waals surface area contributed by atoms with Gasteiger partial charge >= 0.3 is 0 Å². The van der Waals surface area contributed by atoms with E-state index in [0.29, 0.717) is 13.2 Å². The number of rotatable bonds is 12. The maximum atomic E-state index is 9.57. The lowest BCUT2D eigenvalue weighted by Gasteiger charge is -2.15. The molecular weight excluding hydrogens is 314 g/mol. The number of aliphatic hydroxyl groups excluding tert-OH is 1. The van der Waals surface area contributed by atoms with Crippen LogP contribution in [0, 0.1) is 0 Å². The molecule has 0 radical (unpaired) electrons. The van der Waals surface area contributed by atoms with Crippen LogP contribution in [0.15, 0.2) is 54.6 Å². The van der Waals surface area contributed by atoms with E-state index in [1.54, 1.807) is 0 Å². The van der Waals surface area contributed by atoms with Gasteiger partial charge in [-0.15, -0.1) is 0 Å². The molecule has 4 heteroatoms. The molecule has 0 saturated carbocycles. The standard InChI is InChI=1S/C21H29NO3/c1-2-24-14-15-25-21-10-8-18(9-11-21)12-13-22-16-20(17-23)19-6-4-3-5-7-19/h3-11,20,22-23H,2,12-17H2,1H3. The summed E-state index contributed by atoms with van der Waals surface area (Å²) in [5, 5.41) is 13.0. The summed E-state index contributed by atoms with van der Waals surface area (Å²) in [5.41, 5.74) is 2.44. The summed E-state index contributed by atoms with van der Waals surface area (Å²) in [6.07, 6.45) is 0.951. The van der Waals surface area contributed by atoms with E-state index in [9.17, 15) is 5.11 Å². The molecule has 2 aromatic rings. The molecule has 0 aliphatic carbocycles. The van der Waals surface area contributed by atoms with Crippen LogP contribution in [0.1, 0.15) is 24.0 Å². The zero-order valence-corrected chi connectivity index (χ0v) is 15.0. The van der Waals surface area contributed by atoms with Crippen LogP contribution < -0.4 is 10.1 Å². The molecule has 2 rings (SSSR count). The summed E-state index contributed by atoms with van der Waals surface area (Å²) in [7, 11) is 0. The summed E-state index contributed by atoms with van der Waals surface area (Å²) in [4.78, 5) is 0. The van der Waals surface area contributed by atoms with Gasteiger partial charge in [-0.2, -0.15) is 0 Å². The Morgan fingerprint density at radius 1 is 1.00 bits per heavy atom. The van der Waals surface area contributed by atoms with E-state index >= 15 is 0 Å². The molecule has 0 aliphatic heterocycles. The van der Waals surface area contributed by atoms with Crippen LogP contribution in [0.3, 0.4) is 0 Å². The van der Waals surface area contributed by atoms with Crippen LogP contribution in [0.25, 0.3) is 0 Å². The second-order valence-electron chi connectivity index (χ2n) is 5.93. The Bertz CT molecular complexity index is 571. The average Bonchev–Trinajstić information content (AvgIpc) is 2.67. The molecule has 2 N–H and O–H groups in total. The highest BCUT2D eigenvalue weighted by atomic mass is 16.5. The Kier molecular flexibility index (Phi) is 9.05. The molecule has 0 aromatic heterocycles. The molecule has 0 heterocycles. The van der Waals surface area contributed by atoms with Gasteiger partial charge in [0.15, 0.2) is 0 Å². The fraction of sp³-hybridized carbons (Fsp3) is 0.429. The predicted molar refractivity (Wildman–Crippen MR) is 101 cm³/mol. The molecule has 0 aliphatic rings. The highest BCUT2D eigenvalue weighted by molar-refractivity contribution is 5.27. The van der Waals surface area contributed by atoms with Gasteiger partial charge in [0.05, 0.1) is 13.2 Å². The third-order valence-corrected chi connectivity index (χ3v) is 4.10. The number of hydrogen-bond acceptors (Lipinski definition) is 4. The van der Waals surface area contributed by atoms with Crippen molar-refractivity contribution in [3.8, 4) is 5.75 Å². The van der Waals surface area contributed by atoms with E-state index in [2.05, 4.69) is 29.6 Å². The van der Waals surface area contributed by atoms with Crippen molar-refractivity contribution in [3.63, 3.8) is 0 Å². The second-order valence-corrected chi connectivity index (χ2v) is 5.93. The predicted octanol–water partition coefficient (Wildman–Crippen LogP) is 3.01. The Balaban J connectivity index is 1.67. The topological polar surface area (TPSA) is 50.7 Å². The Hall–Kier alpha value is -1.88. The number of ether oxygens (including phenoxy) is 2. The van der Waals surface area contributed by atoms with Crippen LogP contribution in [0.2, 0.25) is 0 Å². The Morgan fingerprint density at radius 3 is 2.44 bits per heavy atom. The molecule has 0 fully saturated rings. The van der Waals surface area contributed by atoms with Gasteiger partial charge < -0.3 is 19.9 Å². The van der Waals surface area contributed by atoms with Crippen molar-refractivity contribution < 1.29 is 14.6 Å². The van der Waals surface area contributed by atoms with Gasteiger partial charge in [0.2, 0.25) is 0 Å². The third kappa shape index (κ3) is 7.26. The van der Waals surface area contributed by atoms with Crippen LogP contribution in [0.5, 0.6) is 5.75 Å². The first-order valence-electron chi connectivity index (χ1n) is 8.99. The van der Waals surface area contributed by atoms with E-state index in [1.807, 2.05) is 37.3 Å². The molecule has 2 aromatic carbocycles. The van der Waals surface area contributed by atoms with Crippen molar-refractivity contribution >= 4 is 0 Å². The highest BCUT2D eigenvalue weighted by Gasteiger charge is 2.09. The first-order valence-corrected chi connectivity index (χ1v) is 8.99. The van der Waals surface area contributed by atoms with Crippen LogP contribution in [0.4, 0.5) is 0 Å². The molecule has 0 saturated heterocycles. The van der Waals surface area contributed by atoms with Gasteiger partial charge in [0.25, 0.3) is 0 Å². The zero-order chi connectivity index (χ0) is 17.7. The first-order chi connectivity index (χ1) is 12.3. The van der Waals surface area contributed by atoms with E-state index in [0.717, 1.165) is 31.9 Å². The fourth-order valence-corrected chi connectivity index (χ4v) is 2.64. The quantitative estimate of drug-likeness (QED) is 0.582. The van der Waals surface area contributed by atoms with Crippen LogP contribution in [-0.4, -0.2) is 44.6 Å². The summed E-state index contributed by atoms with van der Waals surface area (Å²) < 4.78 is 10.9. The summed E-state index contributed by atoms with van der Waals surface area (Å²) in [5.74, 6) is 1.02.